The van der Waals surface area contributed by atoms with Gasteiger partial charge in [0.25, 0.3) is 0 Å². The van der Waals surface area contributed by atoms with Gasteiger partial charge < -0.3 is 0 Å². The molecular weight excluding hydrogens is 330 g/mol. The molecule has 0 aliphatic rings. The van der Waals surface area contributed by atoms with E-state index in [0.717, 1.165) is 17.0 Å². The number of aromatic amines is 1. The SMILES string of the molecule is O=S(=O)(CCc1cn[nH]c1)Cc1csc(Cc2ccccc2)n1. The van der Waals surface area contributed by atoms with Crippen molar-refractivity contribution in [2.45, 2.75) is 18.6 Å². The first-order chi connectivity index (χ1) is 11.1. The number of benzene rings is 1. The molecule has 7 heteroatoms. The van der Waals surface area contributed by atoms with Crippen molar-refractivity contribution in [1.82, 2.24) is 15.2 Å². The van der Waals surface area contributed by atoms with Crippen LogP contribution >= 0.6 is 11.3 Å². The topological polar surface area (TPSA) is 75.7 Å². The van der Waals surface area contributed by atoms with Crippen LogP contribution in [-0.2, 0) is 28.4 Å². The zero-order valence-corrected chi connectivity index (χ0v) is 14.1. The Kier molecular flexibility index (Phi) is 4.88. The molecule has 1 aromatic carbocycles. The van der Waals surface area contributed by atoms with Gasteiger partial charge in [-0.1, -0.05) is 30.3 Å². The molecule has 23 heavy (non-hydrogen) atoms. The van der Waals surface area contributed by atoms with Crippen LogP contribution in [0.2, 0.25) is 0 Å². The summed E-state index contributed by atoms with van der Waals surface area (Å²) in [4.78, 5) is 4.46. The highest BCUT2D eigenvalue weighted by Gasteiger charge is 2.15. The summed E-state index contributed by atoms with van der Waals surface area (Å²) in [7, 11) is -3.17. The van der Waals surface area contributed by atoms with Crippen LogP contribution < -0.4 is 0 Å². The van der Waals surface area contributed by atoms with Crippen molar-refractivity contribution in [3.8, 4) is 0 Å². The van der Waals surface area contributed by atoms with Crippen LogP contribution in [0.1, 0.15) is 21.8 Å². The van der Waals surface area contributed by atoms with Gasteiger partial charge in [-0.15, -0.1) is 11.3 Å². The average molecular weight is 347 g/mol. The minimum absolute atomic E-state index is 0.00383. The van der Waals surface area contributed by atoms with E-state index in [-0.39, 0.29) is 11.5 Å². The maximum Gasteiger partial charge on any atom is 0.156 e. The van der Waals surface area contributed by atoms with E-state index in [1.165, 1.54) is 16.9 Å². The van der Waals surface area contributed by atoms with E-state index in [2.05, 4.69) is 15.2 Å². The smallest absolute Gasteiger partial charge is 0.156 e. The first-order valence-corrected chi connectivity index (χ1v) is 9.96. The quantitative estimate of drug-likeness (QED) is 0.713. The van der Waals surface area contributed by atoms with Gasteiger partial charge in [0, 0.05) is 18.0 Å². The highest BCUT2D eigenvalue weighted by atomic mass is 32.2. The molecule has 0 saturated carbocycles. The van der Waals surface area contributed by atoms with Gasteiger partial charge in [-0.25, -0.2) is 13.4 Å². The van der Waals surface area contributed by atoms with E-state index in [4.69, 9.17) is 0 Å². The van der Waals surface area contributed by atoms with Gasteiger partial charge in [-0.05, 0) is 17.5 Å². The fourth-order valence-electron chi connectivity index (χ4n) is 2.25. The monoisotopic (exact) mass is 347 g/mol. The van der Waals surface area contributed by atoms with E-state index in [0.29, 0.717) is 12.1 Å². The van der Waals surface area contributed by atoms with Gasteiger partial charge >= 0.3 is 0 Å². The summed E-state index contributed by atoms with van der Waals surface area (Å²) in [5, 5.41) is 9.29. The van der Waals surface area contributed by atoms with Crippen molar-refractivity contribution in [1.29, 1.82) is 0 Å². The second-order valence-electron chi connectivity index (χ2n) is 5.34. The first kappa shape index (κ1) is 15.9. The van der Waals surface area contributed by atoms with Gasteiger partial charge in [0.2, 0.25) is 0 Å². The number of nitrogens with zero attached hydrogens (tertiary/aromatic N) is 2. The van der Waals surface area contributed by atoms with Crippen molar-refractivity contribution in [3.63, 3.8) is 0 Å². The lowest BCUT2D eigenvalue weighted by Crippen LogP contribution is -2.11. The Morgan fingerprint density at radius 3 is 2.70 bits per heavy atom. The Labute approximate surface area is 139 Å². The minimum Gasteiger partial charge on any atom is -0.285 e. The second kappa shape index (κ2) is 7.06. The fourth-order valence-corrected chi connectivity index (χ4v) is 4.48. The number of hydrogen-bond donors (Lipinski definition) is 1. The number of thiazole rings is 1. The second-order valence-corrected chi connectivity index (χ2v) is 8.47. The third-order valence-corrected chi connectivity index (χ3v) is 5.88. The molecule has 0 fully saturated rings. The molecule has 0 unspecified atom stereocenters. The Balaban J connectivity index is 1.59. The van der Waals surface area contributed by atoms with Gasteiger partial charge in [-0.2, -0.15) is 5.10 Å². The number of nitrogens with one attached hydrogen (secondary N) is 1. The van der Waals surface area contributed by atoms with Crippen LogP contribution in [0.3, 0.4) is 0 Å². The van der Waals surface area contributed by atoms with E-state index in [1.54, 1.807) is 12.4 Å². The Morgan fingerprint density at radius 1 is 1.13 bits per heavy atom. The molecule has 0 spiro atoms. The zero-order valence-electron chi connectivity index (χ0n) is 12.5. The molecule has 1 N–H and O–H groups in total. The summed E-state index contributed by atoms with van der Waals surface area (Å²) in [6.07, 6.45) is 4.58. The lowest BCUT2D eigenvalue weighted by atomic mass is 10.2. The van der Waals surface area contributed by atoms with Crippen LogP contribution in [0, 0.1) is 0 Å². The van der Waals surface area contributed by atoms with Gasteiger partial charge in [0.15, 0.2) is 9.84 Å². The number of aryl methyl sites for hydroxylation is 1. The Morgan fingerprint density at radius 2 is 1.96 bits per heavy atom. The summed E-state index contributed by atoms with van der Waals surface area (Å²) < 4.78 is 24.4. The van der Waals surface area contributed by atoms with Crippen molar-refractivity contribution < 1.29 is 8.42 Å². The standard InChI is InChI=1S/C16H17N3O2S2/c20-23(21,7-6-14-9-17-18-10-14)12-15-11-22-16(19-15)8-13-4-2-1-3-5-13/h1-5,9-11H,6-8,12H2,(H,17,18). The summed E-state index contributed by atoms with van der Waals surface area (Å²) in [5.41, 5.74) is 2.71. The summed E-state index contributed by atoms with van der Waals surface area (Å²) >= 11 is 1.51. The third-order valence-electron chi connectivity index (χ3n) is 3.42. The van der Waals surface area contributed by atoms with Gasteiger partial charge in [0.05, 0.1) is 28.4 Å². The minimum atomic E-state index is -3.17. The molecule has 0 aliphatic heterocycles. The largest absolute Gasteiger partial charge is 0.285 e. The van der Waals surface area contributed by atoms with Crippen molar-refractivity contribution in [2.24, 2.45) is 0 Å². The highest BCUT2D eigenvalue weighted by Crippen LogP contribution is 2.17. The van der Waals surface area contributed by atoms with Crippen molar-refractivity contribution >= 4 is 21.2 Å². The number of hydrogen-bond acceptors (Lipinski definition) is 5. The number of sulfone groups is 1. The molecule has 0 atom stereocenters. The van der Waals surface area contributed by atoms with Gasteiger partial charge in [0.1, 0.15) is 0 Å². The van der Waals surface area contributed by atoms with Crippen molar-refractivity contribution in [2.75, 3.05) is 5.75 Å². The molecule has 3 rings (SSSR count). The fraction of sp³-hybridized carbons (Fsp3) is 0.250. The van der Waals surface area contributed by atoms with Crippen LogP contribution in [0.4, 0.5) is 0 Å². The van der Waals surface area contributed by atoms with Crippen LogP contribution in [0.5, 0.6) is 0 Å². The molecule has 120 valence electrons. The third kappa shape index (κ3) is 4.74. The summed E-state index contributed by atoms with van der Waals surface area (Å²) in [6.45, 7) is 0. The van der Waals surface area contributed by atoms with E-state index in [9.17, 15) is 8.42 Å². The lowest BCUT2D eigenvalue weighted by Gasteiger charge is -2.01. The number of rotatable bonds is 7. The molecule has 5 nitrogen and oxygen atoms in total. The maximum atomic E-state index is 12.2. The predicted octanol–water partition coefficient (Wildman–Crippen LogP) is 2.61. The average Bonchev–Trinajstić information content (AvgIpc) is 3.18. The summed E-state index contributed by atoms with van der Waals surface area (Å²) in [6, 6.07) is 10.0. The predicted molar refractivity (Wildman–Crippen MR) is 91.1 cm³/mol. The summed E-state index contributed by atoms with van der Waals surface area (Å²) in [5.74, 6) is 0.105. The zero-order chi connectivity index (χ0) is 16.1. The molecule has 3 aromatic rings. The number of H-pyrrole nitrogens is 1. The van der Waals surface area contributed by atoms with Crippen molar-refractivity contribution in [3.05, 3.63) is 69.9 Å². The maximum absolute atomic E-state index is 12.2. The van der Waals surface area contributed by atoms with E-state index in [1.807, 2.05) is 35.7 Å². The molecule has 0 bridgehead atoms. The van der Waals surface area contributed by atoms with Crippen LogP contribution in [-0.4, -0.2) is 29.4 Å². The molecule has 2 heterocycles. The van der Waals surface area contributed by atoms with E-state index >= 15 is 0 Å². The van der Waals surface area contributed by atoms with Gasteiger partial charge in [-0.3, -0.25) is 5.10 Å². The molecule has 0 saturated heterocycles. The molecular formula is C16H17N3O2S2. The first-order valence-electron chi connectivity index (χ1n) is 7.26. The Bertz CT molecular complexity index is 841. The number of aromatic nitrogens is 3. The van der Waals surface area contributed by atoms with Crippen LogP contribution in [0.25, 0.3) is 0 Å². The molecule has 0 radical (unpaired) electrons. The molecule has 0 aliphatic carbocycles. The molecule has 0 amide bonds. The lowest BCUT2D eigenvalue weighted by molar-refractivity contribution is 0.594. The van der Waals surface area contributed by atoms with E-state index < -0.39 is 9.84 Å². The Hall–Kier alpha value is -1.99. The highest BCUT2D eigenvalue weighted by molar-refractivity contribution is 7.90. The molecule has 2 aromatic heterocycles. The van der Waals surface area contributed by atoms with Crippen LogP contribution in [0.15, 0.2) is 48.1 Å². The normalized spacial score (nSPS) is 11.7.